The van der Waals surface area contributed by atoms with Crippen LogP contribution in [0.1, 0.15) is 16.7 Å². The SMILES string of the molecule is C=N/C=C\N(C)C(c1ccccc1)(c1ccc(F)cc1)c1ccc(F)cc1. The Labute approximate surface area is 158 Å². The van der Waals surface area contributed by atoms with Crippen molar-refractivity contribution >= 4 is 6.72 Å². The van der Waals surface area contributed by atoms with Crippen molar-refractivity contribution in [3.8, 4) is 0 Å². The van der Waals surface area contributed by atoms with Gasteiger partial charge < -0.3 is 4.90 Å². The highest BCUT2D eigenvalue weighted by atomic mass is 19.1. The normalized spacial score (nSPS) is 11.5. The summed E-state index contributed by atoms with van der Waals surface area (Å²) in [6.07, 6.45) is 3.39. The molecular formula is C23H20F2N2. The van der Waals surface area contributed by atoms with Crippen LogP contribution in [0.15, 0.2) is 96.3 Å². The minimum atomic E-state index is -0.802. The van der Waals surface area contributed by atoms with E-state index in [1.165, 1.54) is 24.3 Å². The van der Waals surface area contributed by atoms with Crippen molar-refractivity contribution < 1.29 is 8.78 Å². The maximum Gasteiger partial charge on any atom is 0.123 e. The number of hydrogen-bond donors (Lipinski definition) is 0. The lowest BCUT2D eigenvalue weighted by Gasteiger charge is -2.43. The Bertz CT molecular complexity index is 871. The number of aliphatic imine (C=N–C) groups is 1. The number of benzene rings is 3. The molecule has 2 nitrogen and oxygen atoms in total. The maximum absolute atomic E-state index is 13.6. The van der Waals surface area contributed by atoms with E-state index >= 15 is 0 Å². The second-order valence-corrected chi connectivity index (χ2v) is 6.18. The van der Waals surface area contributed by atoms with Gasteiger partial charge in [-0.25, -0.2) is 8.78 Å². The van der Waals surface area contributed by atoms with E-state index < -0.39 is 5.54 Å². The molecule has 0 amide bonds. The molecular weight excluding hydrogens is 342 g/mol. The molecule has 0 spiro atoms. The average molecular weight is 362 g/mol. The molecule has 0 saturated heterocycles. The molecule has 0 aliphatic rings. The van der Waals surface area contributed by atoms with Crippen molar-refractivity contribution in [2.45, 2.75) is 5.54 Å². The van der Waals surface area contributed by atoms with E-state index in [-0.39, 0.29) is 11.6 Å². The zero-order valence-corrected chi connectivity index (χ0v) is 15.0. The largest absolute Gasteiger partial charge is 0.362 e. The molecule has 0 heterocycles. The zero-order valence-electron chi connectivity index (χ0n) is 15.0. The summed E-state index contributed by atoms with van der Waals surface area (Å²) in [5.41, 5.74) is 1.85. The lowest BCUT2D eigenvalue weighted by atomic mass is 9.76. The van der Waals surface area contributed by atoms with Gasteiger partial charge >= 0.3 is 0 Å². The Morgan fingerprint density at radius 3 is 1.67 bits per heavy atom. The second-order valence-electron chi connectivity index (χ2n) is 6.18. The molecule has 3 aromatic carbocycles. The quantitative estimate of drug-likeness (QED) is 0.426. The molecule has 3 aromatic rings. The molecule has 0 aliphatic heterocycles. The molecule has 4 heteroatoms. The molecule has 0 saturated carbocycles. The fraction of sp³-hybridized carbons (Fsp3) is 0.0870. The molecule has 0 bridgehead atoms. The van der Waals surface area contributed by atoms with Crippen LogP contribution < -0.4 is 0 Å². The Kier molecular flexibility index (Phi) is 5.46. The highest BCUT2D eigenvalue weighted by Gasteiger charge is 2.39. The van der Waals surface area contributed by atoms with Gasteiger partial charge in [-0.15, -0.1) is 0 Å². The molecule has 136 valence electrons. The highest BCUT2D eigenvalue weighted by molar-refractivity contribution is 5.50. The lowest BCUT2D eigenvalue weighted by molar-refractivity contribution is 0.280. The van der Waals surface area contributed by atoms with Crippen molar-refractivity contribution in [1.82, 2.24) is 4.90 Å². The molecule has 0 unspecified atom stereocenters. The number of halogens is 2. The van der Waals surface area contributed by atoms with E-state index in [0.717, 1.165) is 16.7 Å². The van der Waals surface area contributed by atoms with Crippen molar-refractivity contribution in [3.63, 3.8) is 0 Å². The van der Waals surface area contributed by atoms with E-state index in [1.807, 2.05) is 42.3 Å². The van der Waals surface area contributed by atoms with E-state index in [2.05, 4.69) is 11.7 Å². The summed E-state index contributed by atoms with van der Waals surface area (Å²) in [5.74, 6) is -0.628. The van der Waals surface area contributed by atoms with Crippen LogP contribution in [-0.2, 0) is 5.54 Å². The van der Waals surface area contributed by atoms with Crippen LogP contribution in [0.25, 0.3) is 0 Å². The van der Waals surface area contributed by atoms with Gasteiger partial charge in [0.25, 0.3) is 0 Å². The van der Waals surface area contributed by atoms with Crippen LogP contribution in [0.3, 0.4) is 0 Å². The first kappa shape index (κ1) is 18.5. The van der Waals surface area contributed by atoms with Crippen LogP contribution in [-0.4, -0.2) is 18.7 Å². The molecule has 0 radical (unpaired) electrons. The second kappa shape index (κ2) is 7.96. The van der Waals surface area contributed by atoms with E-state index in [0.29, 0.717) is 0 Å². The van der Waals surface area contributed by atoms with Crippen LogP contribution in [0.4, 0.5) is 8.78 Å². The van der Waals surface area contributed by atoms with Gasteiger partial charge in [0.05, 0.1) is 0 Å². The zero-order chi connectivity index (χ0) is 19.3. The summed E-state index contributed by atoms with van der Waals surface area (Å²) < 4.78 is 27.3. The van der Waals surface area contributed by atoms with Gasteiger partial charge in [-0.2, -0.15) is 0 Å². The Balaban J connectivity index is 2.36. The van der Waals surface area contributed by atoms with Gasteiger partial charge in [-0.05, 0) is 47.7 Å². The van der Waals surface area contributed by atoms with Crippen LogP contribution in [0, 0.1) is 11.6 Å². The predicted molar refractivity (Wildman–Crippen MR) is 106 cm³/mol. The summed E-state index contributed by atoms with van der Waals surface area (Å²) in [4.78, 5) is 5.78. The summed E-state index contributed by atoms with van der Waals surface area (Å²) in [5, 5.41) is 0. The summed E-state index contributed by atoms with van der Waals surface area (Å²) in [6, 6.07) is 22.5. The van der Waals surface area contributed by atoms with Crippen LogP contribution in [0.5, 0.6) is 0 Å². The standard InChI is InChI=1S/C23H20F2N2/c1-26-16-17-27(2)23(18-6-4-3-5-7-18,19-8-12-21(24)13-9-19)20-10-14-22(25)15-11-20/h3-17H,1H2,2H3/b17-16-. The third-order valence-corrected chi connectivity index (χ3v) is 4.64. The van der Waals surface area contributed by atoms with Crippen molar-refractivity contribution in [1.29, 1.82) is 0 Å². The smallest absolute Gasteiger partial charge is 0.123 e. The molecule has 0 fully saturated rings. The summed E-state index contributed by atoms with van der Waals surface area (Å²) in [7, 11) is 1.90. The first-order valence-corrected chi connectivity index (χ1v) is 8.52. The molecule has 0 aromatic heterocycles. The number of nitrogens with zero attached hydrogens (tertiary/aromatic N) is 2. The third-order valence-electron chi connectivity index (χ3n) is 4.64. The summed E-state index contributed by atoms with van der Waals surface area (Å²) in [6.45, 7) is 3.49. The minimum absolute atomic E-state index is 0.314. The Morgan fingerprint density at radius 1 is 0.778 bits per heavy atom. The fourth-order valence-electron chi connectivity index (χ4n) is 3.43. The van der Waals surface area contributed by atoms with Gasteiger partial charge in [0.15, 0.2) is 0 Å². The van der Waals surface area contributed by atoms with E-state index in [4.69, 9.17) is 0 Å². The van der Waals surface area contributed by atoms with Crippen molar-refractivity contribution in [3.05, 3.63) is 120 Å². The minimum Gasteiger partial charge on any atom is -0.362 e. The molecule has 3 rings (SSSR count). The Morgan fingerprint density at radius 2 is 1.22 bits per heavy atom. The monoisotopic (exact) mass is 362 g/mol. The number of rotatable bonds is 6. The lowest BCUT2D eigenvalue weighted by Crippen LogP contribution is -2.43. The molecule has 0 atom stereocenters. The topological polar surface area (TPSA) is 15.6 Å². The van der Waals surface area contributed by atoms with Gasteiger partial charge in [-0.1, -0.05) is 54.6 Å². The predicted octanol–water partition coefficient (Wildman–Crippen LogP) is 5.36. The third kappa shape index (κ3) is 3.51. The molecule has 0 aliphatic carbocycles. The Hall–Kier alpha value is -3.27. The van der Waals surface area contributed by atoms with Gasteiger partial charge in [0.1, 0.15) is 17.2 Å². The van der Waals surface area contributed by atoms with Gasteiger partial charge in [0, 0.05) is 19.4 Å². The molecule has 0 N–H and O–H groups in total. The average Bonchev–Trinajstić information content (AvgIpc) is 2.70. The van der Waals surface area contributed by atoms with Crippen molar-refractivity contribution in [2.75, 3.05) is 7.05 Å². The number of hydrogen-bond acceptors (Lipinski definition) is 2. The van der Waals surface area contributed by atoms with E-state index in [1.54, 1.807) is 36.7 Å². The van der Waals surface area contributed by atoms with Crippen LogP contribution >= 0.6 is 0 Å². The molecule has 27 heavy (non-hydrogen) atoms. The fourth-order valence-corrected chi connectivity index (χ4v) is 3.43. The van der Waals surface area contributed by atoms with E-state index in [9.17, 15) is 8.78 Å². The van der Waals surface area contributed by atoms with Crippen molar-refractivity contribution in [2.24, 2.45) is 4.99 Å². The van der Waals surface area contributed by atoms with Gasteiger partial charge in [0.2, 0.25) is 0 Å². The first-order chi connectivity index (χ1) is 13.1. The maximum atomic E-state index is 13.6. The van der Waals surface area contributed by atoms with Crippen LogP contribution in [0.2, 0.25) is 0 Å². The highest BCUT2D eigenvalue weighted by Crippen LogP contribution is 2.42. The van der Waals surface area contributed by atoms with Gasteiger partial charge in [-0.3, -0.25) is 4.99 Å². The summed E-state index contributed by atoms with van der Waals surface area (Å²) >= 11 is 0. The first-order valence-electron chi connectivity index (χ1n) is 8.52.